The predicted octanol–water partition coefficient (Wildman–Crippen LogP) is 3.12. The lowest BCUT2D eigenvalue weighted by molar-refractivity contribution is 0.0142. The molecule has 3 atom stereocenters. The molecule has 2 nitrogen and oxygen atoms in total. The standard InChI is InChI=1S/C15H30N2/c1-4-8-13(5-2)17-12-15-9-7-10-16(15)11-14(17)6-3/h13-15H,4-12H2,1-3H3. The van der Waals surface area contributed by atoms with Gasteiger partial charge in [-0.1, -0.05) is 27.2 Å². The van der Waals surface area contributed by atoms with Crippen molar-refractivity contribution in [1.82, 2.24) is 9.80 Å². The number of piperazine rings is 1. The van der Waals surface area contributed by atoms with E-state index in [1.165, 1.54) is 58.2 Å². The first-order chi connectivity index (χ1) is 8.30. The molecule has 0 aromatic heterocycles. The Bertz CT molecular complexity index is 229. The summed E-state index contributed by atoms with van der Waals surface area (Å²) in [6.45, 7) is 11.1. The van der Waals surface area contributed by atoms with Gasteiger partial charge in [0.2, 0.25) is 0 Å². The summed E-state index contributed by atoms with van der Waals surface area (Å²) in [6.07, 6.45) is 8.25. The van der Waals surface area contributed by atoms with Crippen LogP contribution in [0.4, 0.5) is 0 Å². The van der Waals surface area contributed by atoms with Crippen LogP contribution in [0.1, 0.15) is 59.3 Å². The Balaban J connectivity index is 2.02. The van der Waals surface area contributed by atoms with Crippen molar-refractivity contribution in [3.8, 4) is 0 Å². The van der Waals surface area contributed by atoms with Crippen molar-refractivity contribution in [2.24, 2.45) is 0 Å². The molecule has 0 spiro atoms. The van der Waals surface area contributed by atoms with Crippen LogP contribution in [0, 0.1) is 0 Å². The zero-order chi connectivity index (χ0) is 12.3. The number of rotatable bonds is 5. The molecular weight excluding hydrogens is 208 g/mol. The zero-order valence-corrected chi connectivity index (χ0v) is 12.0. The van der Waals surface area contributed by atoms with Gasteiger partial charge in [-0.25, -0.2) is 0 Å². The molecule has 2 fully saturated rings. The van der Waals surface area contributed by atoms with Crippen molar-refractivity contribution in [2.75, 3.05) is 19.6 Å². The van der Waals surface area contributed by atoms with Gasteiger partial charge in [0.05, 0.1) is 0 Å². The van der Waals surface area contributed by atoms with E-state index in [0.29, 0.717) is 0 Å². The van der Waals surface area contributed by atoms with Crippen molar-refractivity contribution < 1.29 is 0 Å². The molecule has 100 valence electrons. The highest BCUT2D eigenvalue weighted by atomic mass is 15.3. The number of fused-ring (bicyclic) bond motifs is 1. The van der Waals surface area contributed by atoms with Crippen molar-refractivity contribution in [1.29, 1.82) is 0 Å². The molecular formula is C15H30N2. The molecule has 17 heavy (non-hydrogen) atoms. The predicted molar refractivity (Wildman–Crippen MR) is 74.4 cm³/mol. The van der Waals surface area contributed by atoms with E-state index in [4.69, 9.17) is 0 Å². The van der Waals surface area contributed by atoms with Gasteiger partial charge < -0.3 is 0 Å². The van der Waals surface area contributed by atoms with E-state index in [9.17, 15) is 0 Å². The van der Waals surface area contributed by atoms with Crippen LogP contribution in [0.15, 0.2) is 0 Å². The molecule has 2 heterocycles. The van der Waals surface area contributed by atoms with Crippen molar-refractivity contribution >= 4 is 0 Å². The lowest BCUT2D eigenvalue weighted by Crippen LogP contribution is -2.58. The summed E-state index contributed by atoms with van der Waals surface area (Å²) in [6, 6.07) is 2.54. The molecule has 0 radical (unpaired) electrons. The van der Waals surface area contributed by atoms with Gasteiger partial charge in [-0.2, -0.15) is 0 Å². The summed E-state index contributed by atoms with van der Waals surface area (Å²) in [7, 11) is 0. The topological polar surface area (TPSA) is 6.48 Å². The van der Waals surface area contributed by atoms with Crippen LogP contribution in [0.5, 0.6) is 0 Å². The van der Waals surface area contributed by atoms with Crippen molar-refractivity contribution in [3.63, 3.8) is 0 Å². The first-order valence-corrected chi connectivity index (χ1v) is 7.79. The van der Waals surface area contributed by atoms with Crippen LogP contribution in [0.25, 0.3) is 0 Å². The van der Waals surface area contributed by atoms with Gasteiger partial charge in [0.25, 0.3) is 0 Å². The van der Waals surface area contributed by atoms with E-state index in [2.05, 4.69) is 30.6 Å². The molecule has 2 rings (SSSR count). The minimum atomic E-state index is 0.820. The lowest BCUT2D eigenvalue weighted by atomic mass is 9.98. The Morgan fingerprint density at radius 3 is 2.65 bits per heavy atom. The summed E-state index contributed by atoms with van der Waals surface area (Å²) in [5.41, 5.74) is 0. The molecule has 2 aliphatic heterocycles. The Hall–Kier alpha value is -0.0800. The Labute approximate surface area is 107 Å². The van der Waals surface area contributed by atoms with E-state index >= 15 is 0 Å². The van der Waals surface area contributed by atoms with Crippen LogP contribution in [-0.4, -0.2) is 47.6 Å². The van der Waals surface area contributed by atoms with E-state index < -0.39 is 0 Å². The minimum absolute atomic E-state index is 0.820. The van der Waals surface area contributed by atoms with E-state index in [-0.39, 0.29) is 0 Å². The van der Waals surface area contributed by atoms with E-state index in [0.717, 1.165) is 18.1 Å². The number of hydrogen-bond acceptors (Lipinski definition) is 2. The molecule has 2 saturated heterocycles. The minimum Gasteiger partial charge on any atom is -0.298 e. The van der Waals surface area contributed by atoms with Crippen LogP contribution in [-0.2, 0) is 0 Å². The zero-order valence-electron chi connectivity index (χ0n) is 12.0. The van der Waals surface area contributed by atoms with Crippen molar-refractivity contribution in [3.05, 3.63) is 0 Å². The maximum atomic E-state index is 2.86. The quantitative estimate of drug-likeness (QED) is 0.726. The molecule has 3 unspecified atom stereocenters. The average Bonchev–Trinajstić information content (AvgIpc) is 2.81. The van der Waals surface area contributed by atoms with Gasteiger partial charge in [0.15, 0.2) is 0 Å². The lowest BCUT2D eigenvalue weighted by Gasteiger charge is -2.47. The molecule has 2 aliphatic rings. The molecule has 0 aromatic carbocycles. The first-order valence-electron chi connectivity index (χ1n) is 7.79. The number of nitrogens with zero attached hydrogens (tertiary/aromatic N) is 2. The molecule has 0 aliphatic carbocycles. The fourth-order valence-corrected chi connectivity index (χ4v) is 3.86. The fourth-order valence-electron chi connectivity index (χ4n) is 3.86. The summed E-state index contributed by atoms with van der Waals surface area (Å²) in [5.74, 6) is 0. The third-order valence-corrected chi connectivity index (χ3v) is 4.87. The van der Waals surface area contributed by atoms with Crippen LogP contribution >= 0.6 is 0 Å². The second-order valence-electron chi connectivity index (χ2n) is 5.90. The second kappa shape index (κ2) is 6.19. The molecule has 0 bridgehead atoms. The second-order valence-corrected chi connectivity index (χ2v) is 5.90. The van der Waals surface area contributed by atoms with Gasteiger partial charge in [-0.3, -0.25) is 9.80 Å². The van der Waals surface area contributed by atoms with Crippen LogP contribution < -0.4 is 0 Å². The SMILES string of the molecule is CCCC(CC)N1CC2CCCN2CC1CC. The van der Waals surface area contributed by atoms with Gasteiger partial charge in [-0.15, -0.1) is 0 Å². The smallest absolute Gasteiger partial charge is 0.0224 e. The third kappa shape index (κ3) is 2.85. The molecule has 0 saturated carbocycles. The van der Waals surface area contributed by atoms with Gasteiger partial charge in [0, 0.05) is 31.2 Å². The van der Waals surface area contributed by atoms with Crippen LogP contribution in [0.3, 0.4) is 0 Å². The Morgan fingerprint density at radius 2 is 2.00 bits per heavy atom. The Kier molecular flexibility index (Phi) is 4.87. The fraction of sp³-hybridized carbons (Fsp3) is 1.00. The van der Waals surface area contributed by atoms with Crippen LogP contribution in [0.2, 0.25) is 0 Å². The third-order valence-electron chi connectivity index (χ3n) is 4.87. The highest BCUT2D eigenvalue weighted by molar-refractivity contribution is 4.93. The van der Waals surface area contributed by atoms with Gasteiger partial charge in [0.1, 0.15) is 0 Å². The average molecular weight is 238 g/mol. The highest BCUT2D eigenvalue weighted by Gasteiger charge is 2.37. The summed E-state index contributed by atoms with van der Waals surface area (Å²) >= 11 is 0. The van der Waals surface area contributed by atoms with Gasteiger partial charge >= 0.3 is 0 Å². The maximum Gasteiger partial charge on any atom is 0.0224 e. The molecule has 0 amide bonds. The highest BCUT2D eigenvalue weighted by Crippen LogP contribution is 2.29. The molecule has 2 heteroatoms. The Morgan fingerprint density at radius 1 is 1.18 bits per heavy atom. The molecule has 0 aromatic rings. The normalized spacial score (nSPS) is 32.6. The first kappa shape index (κ1) is 13.4. The van der Waals surface area contributed by atoms with Crippen molar-refractivity contribution in [2.45, 2.75) is 77.4 Å². The summed E-state index contributed by atoms with van der Waals surface area (Å²) in [4.78, 5) is 5.61. The van der Waals surface area contributed by atoms with E-state index in [1.807, 2.05) is 0 Å². The maximum absolute atomic E-state index is 2.86. The van der Waals surface area contributed by atoms with E-state index in [1.54, 1.807) is 0 Å². The number of hydrogen-bond donors (Lipinski definition) is 0. The largest absolute Gasteiger partial charge is 0.298 e. The van der Waals surface area contributed by atoms with Gasteiger partial charge in [-0.05, 0) is 38.6 Å². The monoisotopic (exact) mass is 238 g/mol. The summed E-state index contributed by atoms with van der Waals surface area (Å²) < 4.78 is 0. The molecule has 0 N–H and O–H groups in total. The summed E-state index contributed by atoms with van der Waals surface area (Å²) in [5, 5.41) is 0.